The van der Waals surface area contributed by atoms with E-state index in [2.05, 4.69) is 17.6 Å². The second-order valence-corrected chi connectivity index (χ2v) is 6.58. The molecule has 0 aromatic heterocycles. The minimum absolute atomic E-state index is 0.265. The van der Waals surface area contributed by atoms with E-state index in [0.717, 1.165) is 12.0 Å². The zero-order chi connectivity index (χ0) is 21.5. The molecule has 0 heterocycles. The Hall–Kier alpha value is -3.80. The summed E-state index contributed by atoms with van der Waals surface area (Å²) in [4.78, 5) is 25.2. The predicted octanol–water partition coefficient (Wildman–Crippen LogP) is 4.77. The summed E-state index contributed by atoms with van der Waals surface area (Å²) >= 11 is 0. The van der Waals surface area contributed by atoms with Crippen LogP contribution in [-0.2, 0) is 6.42 Å². The molecule has 154 valence electrons. The number of anilines is 2. The number of ether oxygens (including phenoxy) is 2. The van der Waals surface area contributed by atoms with Crippen molar-refractivity contribution in [3.05, 3.63) is 83.4 Å². The molecule has 2 amide bonds. The molecular formula is C24H24N2O4. The molecule has 6 nitrogen and oxygen atoms in total. The van der Waals surface area contributed by atoms with Gasteiger partial charge in [0.05, 0.1) is 25.6 Å². The summed E-state index contributed by atoms with van der Waals surface area (Å²) in [6.07, 6.45) is 0.906. The van der Waals surface area contributed by atoms with Gasteiger partial charge in [-0.2, -0.15) is 0 Å². The van der Waals surface area contributed by atoms with Crippen molar-refractivity contribution < 1.29 is 19.1 Å². The maximum absolute atomic E-state index is 12.7. The molecule has 0 unspecified atom stereocenters. The molecule has 6 heteroatoms. The Bertz CT molecular complexity index is 1030. The second-order valence-electron chi connectivity index (χ2n) is 6.58. The smallest absolute Gasteiger partial charge is 0.255 e. The highest BCUT2D eigenvalue weighted by atomic mass is 16.5. The van der Waals surface area contributed by atoms with Crippen LogP contribution in [0.5, 0.6) is 11.5 Å². The lowest BCUT2D eigenvalue weighted by Gasteiger charge is -2.16. The Labute approximate surface area is 175 Å². The van der Waals surface area contributed by atoms with E-state index in [9.17, 15) is 9.59 Å². The first-order chi connectivity index (χ1) is 14.5. The van der Waals surface area contributed by atoms with Gasteiger partial charge < -0.3 is 20.1 Å². The fourth-order valence-electron chi connectivity index (χ4n) is 2.96. The maximum atomic E-state index is 12.7. The average molecular weight is 404 g/mol. The van der Waals surface area contributed by atoms with Crippen molar-refractivity contribution in [3.8, 4) is 11.5 Å². The summed E-state index contributed by atoms with van der Waals surface area (Å²) in [5.41, 5.74) is 3.09. The predicted molar refractivity (Wildman–Crippen MR) is 118 cm³/mol. The van der Waals surface area contributed by atoms with Crippen LogP contribution in [0.15, 0.2) is 66.7 Å². The number of benzene rings is 3. The van der Waals surface area contributed by atoms with Gasteiger partial charge in [0.15, 0.2) is 0 Å². The summed E-state index contributed by atoms with van der Waals surface area (Å²) in [5.74, 6) is 0.261. The summed E-state index contributed by atoms with van der Waals surface area (Å²) in [5, 5.41) is 5.67. The number of nitrogens with one attached hydrogen (secondary N) is 2. The summed E-state index contributed by atoms with van der Waals surface area (Å²) in [7, 11) is 2.99. The van der Waals surface area contributed by atoms with E-state index in [-0.39, 0.29) is 11.8 Å². The molecule has 30 heavy (non-hydrogen) atoms. The third-order valence-electron chi connectivity index (χ3n) is 4.68. The Balaban J connectivity index is 1.85. The minimum Gasteiger partial charge on any atom is -0.494 e. The van der Waals surface area contributed by atoms with Crippen LogP contribution in [0.1, 0.15) is 33.2 Å². The first-order valence-electron chi connectivity index (χ1n) is 9.58. The van der Waals surface area contributed by atoms with Gasteiger partial charge in [-0.3, -0.25) is 9.59 Å². The molecule has 0 atom stereocenters. The second kappa shape index (κ2) is 9.60. The molecule has 3 rings (SSSR count). The molecule has 0 saturated carbocycles. The number of rotatable bonds is 7. The van der Waals surface area contributed by atoms with E-state index in [0.29, 0.717) is 34.0 Å². The van der Waals surface area contributed by atoms with Crippen molar-refractivity contribution in [3.63, 3.8) is 0 Å². The molecule has 0 aliphatic rings. The van der Waals surface area contributed by atoms with E-state index in [1.165, 1.54) is 14.2 Å². The molecule has 0 spiro atoms. The normalized spacial score (nSPS) is 10.2. The molecule has 0 fully saturated rings. The molecular weight excluding hydrogens is 380 g/mol. The SMILES string of the molecule is CCc1ccc(C(=O)Nc2cc(OC)c(NC(=O)c3ccccc3)cc2OC)cc1. The fraction of sp³-hybridized carbons (Fsp3) is 0.167. The topological polar surface area (TPSA) is 76.7 Å². The molecule has 0 radical (unpaired) electrons. The summed E-state index contributed by atoms with van der Waals surface area (Å²) in [6.45, 7) is 2.06. The minimum atomic E-state index is -0.274. The lowest BCUT2D eigenvalue weighted by molar-refractivity contribution is 0.101. The highest BCUT2D eigenvalue weighted by molar-refractivity contribution is 6.07. The van der Waals surface area contributed by atoms with Gasteiger partial charge in [-0.1, -0.05) is 37.3 Å². The van der Waals surface area contributed by atoms with Gasteiger partial charge in [0.1, 0.15) is 11.5 Å². The van der Waals surface area contributed by atoms with Gasteiger partial charge in [-0.05, 0) is 36.2 Å². The third-order valence-corrected chi connectivity index (χ3v) is 4.68. The highest BCUT2D eigenvalue weighted by Crippen LogP contribution is 2.37. The standard InChI is InChI=1S/C24H24N2O4/c1-4-16-10-12-18(13-11-16)24(28)26-20-15-21(29-2)19(14-22(20)30-3)25-23(27)17-8-6-5-7-9-17/h5-15H,4H2,1-3H3,(H,25,27)(H,26,28). The number of hydrogen-bond acceptors (Lipinski definition) is 4. The monoisotopic (exact) mass is 404 g/mol. The van der Waals surface area contributed by atoms with E-state index < -0.39 is 0 Å². The maximum Gasteiger partial charge on any atom is 0.255 e. The first kappa shape index (κ1) is 20.9. The Morgan fingerprint density at radius 2 is 1.20 bits per heavy atom. The molecule has 3 aromatic rings. The number of carbonyl (C=O) groups is 2. The lowest BCUT2D eigenvalue weighted by atomic mass is 10.1. The van der Waals surface area contributed by atoms with Crippen LogP contribution in [-0.4, -0.2) is 26.0 Å². The summed E-state index contributed by atoms with van der Waals surface area (Å²) < 4.78 is 10.8. The van der Waals surface area contributed by atoms with Crippen molar-refractivity contribution in [1.82, 2.24) is 0 Å². The van der Waals surface area contributed by atoms with Crippen LogP contribution < -0.4 is 20.1 Å². The van der Waals surface area contributed by atoms with Gasteiger partial charge in [0.25, 0.3) is 11.8 Å². The lowest BCUT2D eigenvalue weighted by Crippen LogP contribution is -2.15. The molecule has 3 aromatic carbocycles. The third kappa shape index (κ3) is 4.78. The van der Waals surface area contributed by atoms with E-state index in [4.69, 9.17) is 9.47 Å². The van der Waals surface area contributed by atoms with Gasteiger partial charge in [-0.15, -0.1) is 0 Å². The fourth-order valence-corrected chi connectivity index (χ4v) is 2.96. The number of methoxy groups -OCH3 is 2. The van der Waals surface area contributed by atoms with Crippen molar-refractivity contribution in [1.29, 1.82) is 0 Å². The number of hydrogen-bond donors (Lipinski definition) is 2. The van der Waals surface area contributed by atoms with Gasteiger partial charge in [0.2, 0.25) is 0 Å². The summed E-state index contributed by atoms with van der Waals surface area (Å²) in [6, 6.07) is 19.5. The molecule has 0 saturated heterocycles. The Morgan fingerprint density at radius 1 is 0.733 bits per heavy atom. The van der Waals surface area contributed by atoms with Gasteiger partial charge in [0, 0.05) is 23.3 Å². The number of aryl methyl sites for hydroxylation is 1. The number of carbonyl (C=O) groups excluding carboxylic acids is 2. The molecule has 0 bridgehead atoms. The van der Waals surface area contributed by atoms with Crippen molar-refractivity contribution >= 4 is 23.2 Å². The largest absolute Gasteiger partial charge is 0.494 e. The van der Waals surface area contributed by atoms with Crippen LogP contribution in [0, 0.1) is 0 Å². The van der Waals surface area contributed by atoms with Crippen LogP contribution >= 0.6 is 0 Å². The van der Waals surface area contributed by atoms with E-state index in [1.807, 2.05) is 18.2 Å². The molecule has 2 N–H and O–H groups in total. The zero-order valence-electron chi connectivity index (χ0n) is 17.2. The van der Waals surface area contributed by atoms with Crippen LogP contribution in [0.2, 0.25) is 0 Å². The van der Waals surface area contributed by atoms with Crippen LogP contribution in [0.25, 0.3) is 0 Å². The molecule has 0 aliphatic carbocycles. The van der Waals surface area contributed by atoms with Gasteiger partial charge >= 0.3 is 0 Å². The van der Waals surface area contributed by atoms with Crippen molar-refractivity contribution in [2.24, 2.45) is 0 Å². The highest BCUT2D eigenvalue weighted by Gasteiger charge is 2.16. The van der Waals surface area contributed by atoms with Gasteiger partial charge in [-0.25, -0.2) is 0 Å². The van der Waals surface area contributed by atoms with Crippen molar-refractivity contribution in [2.75, 3.05) is 24.9 Å². The van der Waals surface area contributed by atoms with Crippen LogP contribution in [0.4, 0.5) is 11.4 Å². The Kier molecular flexibility index (Phi) is 6.70. The van der Waals surface area contributed by atoms with Crippen LogP contribution in [0.3, 0.4) is 0 Å². The quantitative estimate of drug-likeness (QED) is 0.595. The molecule has 0 aliphatic heterocycles. The first-order valence-corrected chi connectivity index (χ1v) is 9.58. The van der Waals surface area contributed by atoms with E-state index >= 15 is 0 Å². The zero-order valence-corrected chi connectivity index (χ0v) is 17.2. The average Bonchev–Trinajstić information content (AvgIpc) is 2.80. The number of amides is 2. The van der Waals surface area contributed by atoms with E-state index in [1.54, 1.807) is 48.5 Å². The Morgan fingerprint density at radius 3 is 1.63 bits per heavy atom. The van der Waals surface area contributed by atoms with Crippen molar-refractivity contribution in [2.45, 2.75) is 13.3 Å².